The van der Waals surface area contributed by atoms with Gasteiger partial charge in [-0.3, -0.25) is 4.79 Å². The molecule has 0 aliphatic heterocycles. The Balaban J connectivity index is 2.11. The summed E-state index contributed by atoms with van der Waals surface area (Å²) in [6, 6.07) is 12.3. The fraction of sp³-hybridized carbons (Fsp3) is 0.188. The molecule has 4 heteroatoms. The lowest BCUT2D eigenvalue weighted by molar-refractivity contribution is 0.0950. The molecule has 0 unspecified atom stereocenters. The largest absolute Gasteiger partial charge is 0.508 e. The molecule has 0 aliphatic rings. The summed E-state index contributed by atoms with van der Waals surface area (Å²) in [4.78, 5) is 12.1. The van der Waals surface area contributed by atoms with E-state index in [1.807, 2.05) is 24.3 Å². The Morgan fingerprint density at radius 3 is 2.60 bits per heavy atom. The molecule has 0 fully saturated rings. The van der Waals surface area contributed by atoms with E-state index in [4.69, 9.17) is 11.6 Å². The first kappa shape index (κ1) is 14.4. The van der Waals surface area contributed by atoms with Gasteiger partial charge in [0.15, 0.2) is 0 Å². The zero-order chi connectivity index (χ0) is 14.5. The Labute approximate surface area is 123 Å². The van der Waals surface area contributed by atoms with Gasteiger partial charge in [0.1, 0.15) is 5.75 Å². The Morgan fingerprint density at radius 1 is 1.20 bits per heavy atom. The number of phenolic OH excluding ortho intramolecular Hbond substituents is 1. The zero-order valence-corrected chi connectivity index (χ0v) is 11.9. The second-order valence-corrected chi connectivity index (χ2v) is 4.88. The molecule has 0 bridgehead atoms. The number of nitrogens with one attached hydrogen (secondary N) is 1. The van der Waals surface area contributed by atoms with Crippen molar-refractivity contribution in [1.29, 1.82) is 0 Å². The molecule has 0 heterocycles. The van der Waals surface area contributed by atoms with Gasteiger partial charge in [0.2, 0.25) is 0 Å². The molecule has 0 radical (unpaired) electrons. The highest BCUT2D eigenvalue weighted by atomic mass is 35.5. The van der Waals surface area contributed by atoms with E-state index in [0.29, 0.717) is 11.6 Å². The lowest BCUT2D eigenvalue weighted by atomic mass is 10.1. The topological polar surface area (TPSA) is 49.3 Å². The number of carbonyl (C=O) groups excluding carboxylic acids is 1. The van der Waals surface area contributed by atoms with Crippen LogP contribution >= 0.6 is 11.6 Å². The van der Waals surface area contributed by atoms with Crippen molar-refractivity contribution in [2.75, 3.05) is 0 Å². The lowest BCUT2D eigenvalue weighted by Gasteiger charge is -2.10. The van der Waals surface area contributed by atoms with Crippen LogP contribution in [-0.2, 0) is 13.0 Å². The zero-order valence-electron chi connectivity index (χ0n) is 11.2. The van der Waals surface area contributed by atoms with Gasteiger partial charge in [-0.2, -0.15) is 0 Å². The Hall–Kier alpha value is -2.00. The Kier molecular flexibility index (Phi) is 4.64. The second-order valence-electron chi connectivity index (χ2n) is 4.47. The first-order chi connectivity index (χ1) is 9.61. The van der Waals surface area contributed by atoms with Crippen molar-refractivity contribution in [2.45, 2.75) is 19.9 Å². The number of hydrogen-bond acceptors (Lipinski definition) is 2. The van der Waals surface area contributed by atoms with Crippen molar-refractivity contribution in [1.82, 2.24) is 5.32 Å². The molecule has 1 amide bonds. The third-order valence-corrected chi connectivity index (χ3v) is 3.46. The molecule has 2 rings (SSSR count). The van der Waals surface area contributed by atoms with E-state index < -0.39 is 0 Å². The molecular weight excluding hydrogens is 274 g/mol. The van der Waals surface area contributed by atoms with Crippen molar-refractivity contribution in [3.63, 3.8) is 0 Å². The summed E-state index contributed by atoms with van der Waals surface area (Å²) >= 11 is 5.96. The molecule has 2 aromatic carbocycles. The maximum atomic E-state index is 12.1. The summed E-state index contributed by atoms with van der Waals surface area (Å²) in [5.74, 6) is -0.273. The van der Waals surface area contributed by atoms with E-state index in [-0.39, 0.29) is 17.2 Å². The van der Waals surface area contributed by atoms with Crippen molar-refractivity contribution < 1.29 is 9.90 Å². The third-order valence-electron chi connectivity index (χ3n) is 3.13. The van der Waals surface area contributed by atoms with E-state index in [2.05, 4.69) is 12.2 Å². The van der Waals surface area contributed by atoms with Crippen LogP contribution in [0.2, 0.25) is 5.02 Å². The first-order valence-electron chi connectivity index (χ1n) is 6.45. The number of rotatable bonds is 4. The summed E-state index contributed by atoms with van der Waals surface area (Å²) in [5, 5.41) is 12.6. The molecule has 2 aromatic rings. The number of aryl methyl sites for hydroxylation is 1. The molecule has 0 aliphatic carbocycles. The van der Waals surface area contributed by atoms with Gasteiger partial charge >= 0.3 is 0 Å². The predicted molar refractivity (Wildman–Crippen MR) is 80.1 cm³/mol. The molecule has 20 heavy (non-hydrogen) atoms. The summed E-state index contributed by atoms with van der Waals surface area (Å²) in [6.07, 6.45) is 0.916. The summed E-state index contributed by atoms with van der Waals surface area (Å²) in [6.45, 7) is 2.52. The van der Waals surface area contributed by atoms with E-state index in [9.17, 15) is 9.90 Å². The van der Waals surface area contributed by atoms with E-state index >= 15 is 0 Å². The van der Waals surface area contributed by atoms with Crippen LogP contribution in [0.3, 0.4) is 0 Å². The molecule has 104 valence electrons. The maximum absolute atomic E-state index is 12.1. The molecule has 0 spiro atoms. The molecule has 0 saturated carbocycles. The number of amides is 1. The van der Waals surface area contributed by atoms with Gasteiger partial charge in [-0.05, 0) is 35.7 Å². The van der Waals surface area contributed by atoms with E-state index in [1.54, 1.807) is 0 Å². The first-order valence-corrected chi connectivity index (χ1v) is 6.83. The minimum atomic E-state index is -0.295. The number of phenols is 1. The van der Waals surface area contributed by atoms with Gasteiger partial charge in [0.05, 0.1) is 10.6 Å². The van der Waals surface area contributed by atoms with Gasteiger partial charge in [-0.1, -0.05) is 42.8 Å². The maximum Gasteiger partial charge on any atom is 0.253 e. The Morgan fingerprint density at radius 2 is 1.90 bits per heavy atom. The fourth-order valence-corrected chi connectivity index (χ4v) is 2.24. The normalized spacial score (nSPS) is 10.3. The van der Waals surface area contributed by atoms with E-state index in [1.165, 1.54) is 23.8 Å². The SMILES string of the molecule is CCc1ccccc1CNC(=O)c1cc(O)ccc1Cl. The van der Waals surface area contributed by atoms with Gasteiger partial charge in [0.25, 0.3) is 5.91 Å². The average molecular weight is 290 g/mol. The Bertz CT molecular complexity index is 626. The highest BCUT2D eigenvalue weighted by Crippen LogP contribution is 2.21. The van der Waals surface area contributed by atoms with Crippen LogP contribution in [0.4, 0.5) is 0 Å². The number of hydrogen-bond donors (Lipinski definition) is 2. The monoisotopic (exact) mass is 289 g/mol. The van der Waals surface area contributed by atoms with E-state index in [0.717, 1.165) is 12.0 Å². The van der Waals surface area contributed by atoms with Gasteiger partial charge in [0, 0.05) is 6.54 Å². The van der Waals surface area contributed by atoms with Crippen LogP contribution < -0.4 is 5.32 Å². The minimum absolute atomic E-state index is 0.0218. The summed E-state index contributed by atoms with van der Waals surface area (Å²) in [5.41, 5.74) is 2.56. The van der Waals surface area contributed by atoms with Crippen LogP contribution in [0.5, 0.6) is 5.75 Å². The minimum Gasteiger partial charge on any atom is -0.508 e. The van der Waals surface area contributed by atoms with Crippen molar-refractivity contribution in [3.05, 3.63) is 64.2 Å². The van der Waals surface area contributed by atoms with Crippen LogP contribution in [0.15, 0.2) is 42.5 Å². The van der Waals surface area contributed by atoms with Crippen molar-refractivity contribution in [2.24, 2.45) is 0 Å². The molecule has 0 aromatic heterocycles. The molecule has 0 atom stereocenters. The molecule has 0 saturated heterocycles. The number of aromatic hydroxyl groups is 1. The quantitative estimate of drug-likeness (QED) is 0.904. The van der Waals surface area contributed by atoms with Crippen molar-refractivity contribution >= 4 is 17.5 Å². The highest BCUT2D eigenvalue weighted by Gasteiger charge is 2.11. The smallest absolute Gasteiger partial charge is 0.253 e. The average Bonchev–Trinajstić information content (AvgIpc) is 2.47. The van der Waals surface area contributed by atoms with Crippen LogP contribution in [0.1, 0.15) is 28.4 Å². The standard InChI is InChI=1S/C16H16ClNO2/c1-2-11-5-3-4-6-12(11)10-18-16(20)14-9-13(19)7-8-15(14)17/h3-9,19H,2,10H2,1H3,(H,18,20). The van der Waals surface area contributed by atoms with Crippen molar-refractivity contribution in [3.8, 4) is 5.75 Å². The highest BCUT2D eigenvalue weighted by molar-refractivity contribution is 6.33. The van der Waals surface area contributed by atoms with Gasteiger partial charge < -0.3 is 10.4 Å². The molecule has 2 N–H and O–H groups in total. The summed E-state index contributed by atoms with van der Waals surface area (Å²) < 4.78 is 0. The number of halogens is 1. The number of benzene rings is 2. The molecule has 3 nitrogen and oxygen atoms in total. The second kappa shape index (κ2) is 6.44. The van der Waals surface area contributed by atoms with Gasteiger partial charge in [-0.25, -0.2) is 0 Å². The molecular formula is C16H16ClNO2. The predicted octanol–water partition coefficient (Wildman–Crippen LogP) is 3.54. The number of carbonyl (C=O) groups is 1. The van der Waals surface area contributed by atoms with Gasteiger partial charge in [-0.15, -0.1) is 0 Å². The third kappa shape index (κ3) is 3.31. The van der Waals surface area contributed by atoms with Crippen LogP contribution in [0.25, 0.3) is 0 Å². The fourth-order valence-electron chi connectivity index (χ4n) is 2.03. The lowest BCUT2D eigenvalue weighted by Crippen LogP contribution is -2.23. The van der Waals surface area contributed by atoms with Crippen LogP contribution in [-0.4, -0.2) is 11.0 Å². The summed E-state index contributed by atoms with van der Waals surface area (Å²) in [7, 11) is 0. The van der Waals surface area contributed by atoms with Crippen LogP contribution in [0, 0.1) is 0 Å².